The Balaban J connectivity index is 2.65. The van der Waals surface area contributed by atoms with Crippen molar-refractivity contribution in [2.45, 2.75) is 44.8 Å². The number of alkyl halides is 3. The van der Waals surface area contributed by atoms with Gasteiger partial charge in [0.05, 0.1) is 4.47 Å². The predicted molar refractivity (Wildman–Crippen MR) is 75.2 cm³/mol. The molecule has 0 spiro atoms. The fraction of sp³-hybridized carbons (Fsp3) is 0.571. The average molecular weight is 356 g/mol. The first kappa shape index (κ1) is 17.4. The smallest absolute Gasteiger partial charge is 0.314 e. The van der Waals surface area contributed by atoms with Gasteiger partial charge in [-0.2, -0.15) is 13.2 Å². The Kier molecular flexibility index (Phi) is 6.95. The number of halogens is 5. The molecule has 1 nitrogen and oxygen atoms in total. The summed E-state index contributed by atoms with van der Waals surface area (Å²) in [4.78, 5) is 0. The van der Waals surface area contributed by atoms with Crippen LogP contribution < -0.4 is 5.32 Å². The SMILES string of the molecule is CCCNC(CCC(F)(F)F)Cc1ccc(F)c(Br)c1. The number of hydrogen-bond donors (Lipinski definition) is 1. The number of nitrogens with one attached hydrogen (secondary N) is 1. The molecule has 0 aliphatic carbocycles. The van der Waals surface area contributed by atoms with Crippen molar-refractivity contribution >= 4 is 15.9 Å². The molecule has 0 amide bonds. The van der Waals surface area contributed by atoms with Crippen LogP contribution in [-0.2, 0) is 6.42 Å². The van der Waals surface area contributed by atoms with E-state index in [1.165, 1.54) is 6.07 Å². The van der Waals surface area contributed by atoms with E-state index in [1.807, 2.05) is 6.92 Å². The summed E-state index contributed by atoms with van der Waals surface area (Å²) in [5.74, 6) is -0.373. The summed E-state index contributed by atoms with van der Waals surface area (Å²) < 4.78 is 50.4. The van der Waals surface area contributed by atoms with Gasteiger partial charge in [-0.25, -0.2) is 4.39 Å². The molecule has 1 atom stereocenters. The van der Waals surface area contributed by atoms with Crippen LogP contribution in [0.4, 0.5) is 17.6 Å². The molecule has 0 aromatic heterocycles. The van der Waals surface area contributed by atoms with Gasteiger partial charge in [0.15, 0.2) is 0 Å². The van der Waals surface area contributed by atoms with Crippen LogP contribution in [0.3, 0.4) is 0 Å². The zero-order valence-corrected chi connectivity index (χ0v) is 12.8. The molecule has 20 heavy (non-hydrogen) atoms. The minimum Gasteiger partial charge on any atom is -0.314 e. The molecule has 0 aliphatic heterocycles. The van der Waals surface area contributed by atoms with Crippen LogP contribution in [0, 0.1) is 5.82 Å². The normalized spacial score (nSPS) is 13.5. The van der Waals surface area contributed by atoms with Gasteiger partial charge in [-0.15, -0.1) is 0 Å². The van der Waals surface area contributed by atoms with Gasteiger partial charge in [0, 0.05) is 12.5 Å². The molecular weight excluding hydrogens is 338 g/mol. The van der Waals surface area contributed by atoms with Crippen molar-refractivity contribution in [1.82, 2.24) is 5.32 Å². The van der Waals surface area contributed by atoms with E-state index in [9.17, 15) is 17.6 Å². The van der Waals surface area contributed by atoms with Crippen LogP contribution in [0.2, 0.25) is 0 Å². The standard InChI is InChI=1S/C14H18BrF4N/c1-2-7-20-11(5-6-14(17,18)19)8-10-3-4-13(16)12(15)9-10/h3-4,9,11,20H,2,5-8H2,1H3. The Morgan fingerprint density at radius 1 is 1.30 bits per heavy atom. The Bertz CT molecular complexity index is 420. The Morgan fingerprint density at radius 2 is 2.00 bits per heavy atom. The van der Waals surface area contributed by atoms with Crippen LogP contribution in [0.1, 0.15) is 31.7 Å². The van der Waals surface area contributed by atoms with Gasteiger partial charge in [0.1, 0.15) is 5.82 Å². The lowest BCUT2D eigenvalue weighted by atomic mass is 10.0. The molecule has 1 unspecified atom stereocenters. The van der Waals surface area contributed by atoms with E-state index in [4.69, 9.17) is 0 Å². The second-order valence-corrected chi connectivity index (χ2v) is 5.61. The van der Waals surface area contributed by atoms with Gasteiger partial charge >= 0.3 is 6.18 Å². The third kappa shape index (κ3) is 6.70. The van der Waals surface area contributed by atoms with E-state index >= 15 is 0 Å². The lowest BCUT2D eigenvalue weighted by Crippen LogP contribution is -2.33. The van der Waals surface area contributed by atoms with E-state index in [0.29, 0.717) is 17.4 Å². The molecule has 0 saturated carbocycles. The summed E-state index contributed by atoms with van der Waals surface area (Å²) in [5.41, 5.74) is 0.814. The Morgan fingerprint density at radius 3 is 2.55 bits per heavy atom. The van der Waals surface area contributed by atoms with Crippen LogP contribution in [0.5, 0.6) is 0 Å². The minimum absolute atomic E-state index is 0.0263. The second-order valence-electron chi connectivity index (χ2n) is 4.76. The lowest BCUT2D eigenvalue weighted by molar-refractivity contribution is -0.136. The first-order valence-corrected chi connectivity index (χ1v) is 7.35. The van der Waals surface area contributed by atoms with E-state index in [-0.39, 0.29) is 18.3 Å². The maximum absolute atomic E-state index is 13.1. The molecule has 0 saturated heterocycles. The molecule has 1 rings (SSSR count). The molecule has 0 aliphatic rings. The molecule has 6 heteroatoms. The fourth-order valence-corrected chi connectivity index (χ4v) is 2.34. The van der Waals surface area contributed by atoms with E-state index in [0.717, 1.165) is 12.0 Å². The molecule has 1 aromatic carbocycles. The van der Waals surface area contributed by atoms with E-state index < -0.39 is 12.6 Å². The van der Waals surface area contributed by atoms with E-state index in [1.54, 1.807) is 12.1 Å². The van der Waals surface area contributed by atoms with Gasteiger partial charge < -0.3 is 5.32 Å². The lowest BCUT2D eigenvalue weighted by Gasteiger charge is -2.19. The van der Waals surface area contributed by atoms with Crippen LogP contribution >= 0.6 is 15.9 Å². The zero-order valence-electron chi connectivity index (χ0n) is 11.2. The third-order valence-electron chi connectivity index (χ3n) is 2.93. The van der Waals surface area contributed by atoms with Gasteiger partial charge in [0.2, 0.25) is 0 Å². The third-order valence-corrected chi connectivity index (χ3v) is 3.53. The van der Waals surface area contributed by atoms with Crippen molar-refractivity contribution in [3.63, 3.8) is 0 Å². The average Bonchev–Trinajstić information content (AvgIpc) is 2.36. The maximum Gasteiger partial charge on any atom is 0.389 e. The predicted octanol–water partition coefficient (Wildman–Crippen LogP) is 4.84. The van der Waals surface area contributed by atoms with Crippen LogP contribution in [-0.4, -0.2) is 18.8 Å². The maximum atomic E-state index is 13.1. The van der Waals surface area contributed by atoms with Gasteiger partial charge in [-0.3, -0.25) is 0 Å². The zero-order chi connectivity index (χ0) is 15.2. The molecule has 0 radical (unpaired) electrons. The molecule has 0 heterocycles. The molecule has 1 N–H and O–H groups in total. The molecule has 1 aromatic rings. The highest BCUT2D eigenvalue weighted by atomic mass is 79.9. The van der Waals surface area contributed by atoms with Gasteiger partial charge in [0.25, 0.3) is 0 Å². The first-order valence-electron chi connectivity index (χ1n) is 6.56. The van der Waals surface area contributed by atoms with Crippen molar-refractivity contribution in [2.24, 2.45) is 0 Å². The molecule has 114 valence electrons. The van der Waals surface area contributed by atoms with Gasteiger partial charge in [-0.05, 0) is 59.4 Å². The molecule has 0 fully saturated rings. The van der Waals surface area contributed by atoms with Crippen molar-refractivity contribution in [3.05, 3.63) is 34.1 Å². The Hall–Kier alpha value is -0.620. The summed E-state index contributed by atoms with van der Waals surface area (Å²) in [5, 5.41) is 3.12. The minimum atomic E-state index is -4.14. The quantitative estimate of drug-likeness (QED) is 0.690. The summed E-state index contributed by atoms with van der Waals surface area (Å²) in [6.07, 6.45) is -3.62. The Labute approximate surface area is 124 Å². The van der Waals surface area contributed by atoms with Gasteiger partial charge in [-0.1, -0.05) is 13.0 Å². The van der Waals surface area contributed by atoms with Crippen molar-refractivity contribution < 1.29 is 17.6 Å². The number of benzene rings is 1. The monoisotopic (exact) mass is 355 g/mol. The topological polar surface area (TPSA) is 12.0 Å². The first-order chi connectivity index (χ1) is 9.31. The fourth-order valence-electron chi connectivity index (χ4n) is 1.91. The number of hydrogen-bond acceptors (Lipinski definition) is 1. The summed E-state index contributed by atoms with van der Waals surface area (Å²) in [7, 11) is 0. The van der Waals surface area contributed by atoms with Crippen molar-refractivity contribution in [3.8, 4) is 0 Å². The van der Waals surface area contributed by atoms with Crippen molar-refractivity contribution in [1.29, 1.82) is 0 Å². The number of rotatable bonds is 7. The summed E-state index contributed by atoms with van der Waals surface area (Å²) >= 11 is 3.08. The largest absolute Gasteiger partial charge is 0.389 e. The van der Waals surface area contributed by atoms with Crippen molar-refractivity contribution in [2.75, 3.05) is 6.54 Å². The molecular formula is C14H18BrF4N. The highest BCUT2D eigenvalue weighted by Crippen LogP contribution is 2.24. The van der Waals surface area contributed by atoms with Crippen LogP contribution in [0.15, 0.2) is 22.7 Å². The van der Waals surface area contributed by atoms with E-state index in [2.05, 4.69) is 21.2 Å². The summed E-state index contributed by atoms with van der Waals surface area (Å²) in [6, 6.07) is 4.28. The summed E-state index contributed by atoms with van der Waals surface area (Å²) in [6.45, 7) is 2.63. The highest BCUT2D eigenvalue weighted by molar-refractivity contribution is 9.10. The molecule has 0 bridgehead atoms. The van der Waals surface area contributed by atoms with Crippen LogP contribution in [0.25, 0.3) is 0 Å². The highest BCUT2D eigenvalue weighted by Gasteiger charge is 2.28. The second kappa shape index (κ2) is 7.98.